The minimum atomic E-state index is 0.594. The van der Waals surface area contributed by atoms with E-state index in [9.17, 15) is 0 Å². The van der Waals surface area contributed by atoms with Crippen LogP contribution < -0.4 is 0 Å². The summed E-state index contributed by atoms with van der Waals surface area (Å²) in [5.41, 5.74) is 1.45. The molecule has 15 heavy (non-hydrogen) atoms. The third-order valence-corrected chi connectivity index (χ3v) is 3.05. The molecule has 1 nitrogen and oxygen atoms in total. The fraction of sp³-hybridized carbons (Fsp3) is 0.571. The van der Waals surface area contributed by atoms with Gasteiger partial charge in [-0.3, -0.25) is 4.90 Å². The maximum Gasteiger partial charge on any atom is 0.0344 e. The maximum atomic E-state index is 2.44. The molecule has 1 atom stereocenters. The van der Waals surface area contributed by atoms with Gasteiger partial charge in [0, 0.05) is 6.04 Å². The van der Waals surface area contributed by atoms with E-state index in [1.165, 1.54) is 24.8 Å². The number of rotatable bonds is 6. The summed E-state index contributed by atoms with van der Waals surface area (Å²) in [5, 5.41) is 0. The molecule has 1 aromatic rings. The monoisotopic (exact) mass is 205 g/mol. The van der Waals surface area contributed by atoms with Crippen LogP contribution in [0.1, 0.15) is 44.7 Å². The number of hydrogen-bond acceptors (Lipinski definition) is 1. The van der Waals surface area contributed by atoms with Crippen molar-refractivity contribution >= 4 is 0 Å². The van der Waals surface area contributed by atoms with E-state index < -0.39 is 0 Å². The summed E-state index contributed by atoms with van der Waals surface area (Å²) < 4.78 is 0. The van der Waals surface area contributed by atoms with Crippen molar-refractivity contribution in [2.45, 2.75) is 39.2 Å². The van der Waals surface area contributed by atoms with Crippen molar-refractivity contribution in [2.24, 2.45) is 0 Å². The molecule has 0 radical (unpaired) electrons. The first-order valence-electron chi connectivity index (χ1n) is 6.04. The topological polar surface area (TPSA) is 3.24 Å². The van der Waals surface area contributed by atoms with Crippen LogP contribution in [0.15, 0.2) is 30.3 Å². The molecule has 0 aliphatic carbocycles. The second kappa shape index (κ2) is 6.62. The van der Waals surface area contributed by atoms with Gasteiger partial charge < -0.3 is 0 Å². The highest BCUT2D eigenvalue weighted by atomic mass is 15.1. The average molecular weight is 205 g/mol. The minimum Gasteiger partial charge on any atom is -0.300 e. The normalized spacial score (nSPS) is 13.1. The molecule has 1 rings (SSSR count). The third kappa shape index (κ3) is 3.67. The minimum absolute atomic E-state index is 0.594. The average Bonchev–Trinajstić information content (AvgIpc) is 2.30. The van der Waals surface area contributed by atoms with E-state index >= 15 is 0 Å². The van der Waals surface area contributed by atoms with Crippen molar-refractivity contribution in [3.63, 3.8) is 0 Å². The SMILES string of the molecule is CCCCC(c1ccccc1)N(C)CC. The Morgan fingerprint density at radius 3 is 2.33 bits per heavy atom. The van der Waals surface area contributed by atoms with Gasteiger partial charge in [-0.1, -0.05) is 57.0 Å². The first-order chi connectivity index (χ1) is 7.29. The molecule has 0 spiro atoms. The Hall–Kier alpha value is -0.820. The highest BCUT2D eigenvalue weighted by molar-refractivity contribution is 5.18. The van der Waals surface area contributed by atoms with Crippen molar-refractivity contribution in [3.8, 4) is 0 Å². The molecule has 0 saturated heterocycles. The zero-order valence-corrected chi connectivity index (χ0v) is 10.2. The van der Waals surface area contributed by atoms with Gasteiger partial charge >= 0.3 is 0 Å². The van der Waals surface area contributed by atoms with E-state index in [0.29, 0.717) is 6.04 Å². The standard InChI is InChI=1S/C14H23N/c1-4-6-12-14(15(3)5-2)13-10-8-7-9-11-13/h7-11,14H,4-6,12H2,1-3H3. The van der Waals surface area contributed by atoms with E-state index in [2.05, 4.69) is 56.1 Å². The predicted molar refractivity (Wildman–Crippen MR) is 67.0 cm³/mol. The lowest BCUT2D eigenvalue weighted by Crippen LogP contribution is -2.24. The summed E-state index contributed by atoms with van der Waals surface area (Å²) in [4.78, 5) is 2.44. The molecule has 0 aromatic heterocycles. The van der Waals surface area contributed by atoms with Crippen molar-refractivity contribution in [1.29, 1.82) is 0 Å². The molecule has 84 valence electrons. The molecule has 0 bridgehead atoms. The van der Waals surface area contributed by atoms with Gasteiger partial charge in [0.15, 0.2) is 0 Å². The number of benzene rings is 1. The molecular weight excluding hydrogens is 182 g/mol. The first kappa shape index (κ1) is 12.3. The first-order valence-corrected chi connectivity index (χ1v) is 6.04. The van der Waals surface area contributed by atoms with E-state index in [4.69, 9.17) is 0 Å². The summed E-state index contributed by atoms with van der Waals surface area (Å²) >= 11 is 0. The lowest BCUT2D eigenvalue weighted by Gasteiger charge is -2.27. The lowest BCUT2D eigenvalue weighted by molar-refractivity contribution is 0.241. The van der Waals surface area contributed by atoms with Gasteiger partial charge in [-0.2, -0.15) is 0 Å². The maximum absolute atomic E-state index is 2.44. The summed E-state index contributed by atoms with van der Waals surface area (Å²) in [7, 11) is 2.22. The van der Waals surface area contributed by atoms with Crippen LogP contribution in [0.5, 0.6) is 0 Å². The van der Waals surface area contributed by atoms with Gasteiger partial charge in [-0.25, -0.2) is 0 Å². The lowest BCUT2D eigenvalue weighted by atomic mass is 10.00. The quantitative estimate of drug-likeness (QED) is 0.681. The Morgan fingerprint density at radius 1 is 1.13 bits per heavy atom. The van der Waals surface area contributed by atoms with E-state index in [0.717, 1.165) is 6.54 Å². The van der Waals surface area contributed by atoms with E-state index in [-0.39, 0.29) is 0 Å². The molecule has 0 saturated carbocycles. The molecule has 0 N–H and O–H groups in total. The largest absolute Gasteiger partial charge is 0.300 e. The van der Waals surface area contributed by atoms with Crippen molar-refractivity contribution in [1.82, 2.24) is 4.90 Å². The summed E-state index contributed by atoms with van der Waals surface area (Å²) in [6.07, 6.45) is 3.86. The van der Waals surface area contributed by atoms with Crippen LogP contribution in [-0.4, -0.2) is 18.5 Å². The van der Waals surface area contributed by atoms with Gasteiger partial charge in [-0.05, 0) is 25.6 Å². The zero-order chi connectivity index (χ0) is 11.1. The fourth-order valence-electron chi connectivity index (χ4n) is 1.93. The molecule has 1 aromatic carbocycles. The molecule has 0 aliphatic heterocycles. The zero-order valence-electron chi connectivity index (χ0n) is 10.2. The summed E-state index contributed by atoms with van der Waals surface area (Å²) in [6.45, 7) is 5.60. The Kier molecular flexibility index (Phi) is 5.41. The molecular formula is C14H23N. The van der Waals surface area contributed by atoms with Crippen LogP contribution in [0.3, 0.4) is 0 Å². The molecule has 0 fully saturated rings. The number of hydrogen-bond donors (Lipinski definition) is 0. The van der Waals surface area contributed by atoms with Crippen LogP contribution in [0.4, 0.5) is 0 Å². The van der Waals surface area contributed by atoms with Gasteiger partial charge in [-0.15, -0.1) is 0 Å². The van der Waals surface area contributed by atoms with Crippen LogP contribution in [-0.2, 0) is 0 Å². The highest BCUT2D eigenvalue weighted by Gasteiger charge is 2.14. The molecule has 0 heterocycles. The van der Waals surface area contributed by atoms with Gasteiger partial charge in [0.1, 0.15) is 0 Å². The molecule has 1 heteroatoms. The Balaban J connectivity index is 2.72. The third-order valence-electron chi connectivity index (χ3n) is 3.05. The number of unbranched alkanes of at least 4 members (excludes halogenated alkanes) is 1. The van der Waals surface area contributed by atoms with E-state index in [1.54, 1.807) is 0 Å². The Morgan fingerprint density at radius 2 is 1.80 bits per heavy atom. The van der Waals surface area contributed by atoms with Crippen LogP contribution in [0.2, 0.25) is 0 Å². The highest BCUT2D eigenvalue weighted by Crippen LogP contribution is 2.24. The van der Waals surface area contributed by atoms with Crippen molar-refractivity contribution < 1.29 is 0 Å². The van der Waals surface area contributed by atoms with E-state index in [1.807, 2.05) is 0 Å². The van der Waals surface area contributed by atoms with Crippen LogP contribution in [0, 0.1) is 0 Å². The van der Waals surface area contributed by atoms with Crippen LogP contribution in [0.25, 0.3) is 0 Å². The Bertz CT molecular complexity index is 255. The fourth-order valence-corrected chi connectivity index (χ4v) is 1.93. The smallest absolute Gasteiger partial charge is 0.0344 e. The van der Waals surface area contributed by atoms with Gasteiger partial charge in [0.05, 0.1) is 0 Å². The molecule has 0 aliphatic rings. The van der Waals surface area contributed by atoms with Crippen molar-refractivity contribution in [2.75, 3.05) is 13.6 Å². The predicted octanol–water partition coefficient (Wildman–Crippen LogP) is 3.87. The second-order valence-electron chi connectivity index (χ2n) is 4.14. The second-order valence-corrected chi connectivity index (χ2v) is 4.14. The number of nitrogens with zero attached hydrogens (tertiary/aromatic N) is 1. The van der Waals surface area contributed by atoms with Crippen molar-refractivity contribution in [3.05, 3.63) is 35.9 Å². The van der Waals surface area contributed by atoms with Crippen LogP contribution >= 0.6 is 0 Å². The van der Waals surface area contributed by atoms with Gasteiger partial charge in [0.2, 0.25) is 0 Å². The summed E-state index contributed by atoms with van der Waals surface area (Å²) in [6, 6.07) is 11.4. The molecule has 1 unspecified atom stereocenters. The molecule has 0 amide bonds. The Labute approximate surface area is 94.1 Å². The van der Waals surface area contributed by atoms with Gasteiger partial charge in [0.25, 0.3) is 0 Å². The summed E-state index contributed by atoms with van der Waals surface area (Å²) in [5.74, 6) is 0.